The van der Waals surface area contributed by atoms with Crippen LogP contribution in [0.5, 0.6) is 0 Å². The van der Waals surface area contributed by atoms with Crippen molar-refractivity contribution in [2.24, 2.45) is 0 Å². The zero-order valence-corrected chi connectivity index (χ0v) is 9.16. The minimum Gasteiger partial charge on any atom is -0.480 e. The first-order valence-electron chi connectivity index (χ1n) is 4.34. The van der Waals surface area contributed by atoms with Crippen molar-refractivity contribution >= 4 is 16.0 Å². The molecule has 0 saturated carbocycles. The molecule has 0 aromatic carbocycles. The van der Waals surface area contributed by atoms with Crippen LogP contribution < -0.4 is 4.72 Å². The van der Waals surface area contributed by atoms with E-state index in [1.54, 1.807) is 6.92 Å². The Morgan fingerprint density at radius 2 is 2.13 bits per heavy atom. The molecule has 0 heterocycles. The number of hydrogen-bond donors (Lipinski definition) is 3. The zero-order valence-electron chi connectivity index (χ0n) is 8.34. The minimum absolute atomic E-state index is 0.0103. The molecule has 0 aromatic heterocycles. The number of aliphatic hydroxyl groups excluding tert-OH is 1. The second-order valence-electron chi connectivity index (χ2n) is 2.71. The predicted octanol–water partition coefficient (Wildman–Crippen LogP) is -1.61. The number of carboxylic acids is 1. The Labute approximate surface area is 88.1 Å². The maximum absolute atomic E-state index is 11.2. The van der Waals surface area contributed by atoms with Crippen LogP contribution in [0.3, 0.4) is 0 Å². The molecular formula is C7H15NO6S. The summed E-state index contributed by atoms with van der Waals surface area (Å²) in [5.41, 5.74) is 0. The van der Waals surface area contributed by atoms with Crippen LogP contribution in [0, 0.1) is 0 Å². The Morgan fingerprint density at radius 3 is 2.53 bits per heavy atom. The van der Waals surface area contributed by atoms with Crippen LogP contribution in [0.2, 0.25) is 0 Å². The molecule has 0 spiro atoms. The summed E-state index contributed by atoms with van der Waals surface area (Å²) >= 11 is 0. The fourth-order valence-corrected chi connectivity index (χ4v) is 1.82. The van der Waals surface area contributed by atoms with Crippen LogP contribution >= 0.6 is 0 Å². The molecule has 15 heavy (non-hydrogen) atoms. The SMILES string of the molecule is CCOCCS(=O)(=O)N[C@@H](CO)C(=O)O. The van der Waals surface area contributed by atoms with Crippen LogP contribution in [0.4, 0.5) is 0 Å². The van der Waals surface area contributed by atoms with Crippen molar-refractivity contribution in [2.45, 2.75) is 13.0 Å². The molecule has 90 valence electrons. The average Bonchev–Trinajstić information content (AvgIpc) is 2.14. The first kappa shape index (κ1) is 14.3. The Morgan fingerprint density at radius 1 is 1.53 bits per heavy atom. The third kappa shape index (κ3) is 6.39. The highest BCUT2D eigenvalue weighted by atomic mass is 32.2. The maximum Gasteiger partial charge on any atom is 0.324 e. The molecule has 0 aliphatic heterocycles. The van der Waals surface area contributed by atoms with Gasteiger partial charge in [0, 0.05) is 6.61 Å². The van der Waals surface area contributed by atoms with Gasteiger partial charge < -0.3 is 14.9 Å². The van der Waals surface area contributed by atoms with E-state index in [-0.39, 0.29) is 12.4 Å². The number of carbonyl (C=O) groups is 1. The van der Waals surface area contributed by atoms with Gasteiger partial charge in [0.25, 0.3) is 0 Å². The van der Waals surface area contributed by atoms with Gasteiger partial charge >= 0.3 is 5.97 Å². The van der Waals surface area contributed by atoms with Crippen molar-refractivity contribution in [3.63, 3.8) is 0 Å². The van der Waals surface area contributed by atoms with Gasteiger partial charge in [0.2, 0.25) is 10.0 Å². The lowest BCUT2D eigenvalue weighted by Gasteiger charge is -2.11. The molecule has 8 heteroatoms. The van der Waals surface area contributed by atoms with Crippen molar-refractivity contribution in [2.75, 3.05) is 25.6 Å². The molecule has 0 fully saturated rings. The van der Waals surface area contributed by atoms with Crippen molar-refractivity contribution in [1.82, 2.24) is 4.72 Å². The van der Waals surface area contributed by atoms with E-state index in [0.29, 0.717) is 6.61 Å². The van der Waals surface area contributed by atoms with Gasteiger partial charge in [-0.1, -0.05) is 0 Å². The molecule has 0 aliphatic rings. The summed E-state index contributed by atoms with van der Waals surface area (Å²) in [6.07, 6.45) is 0. The predicted molar refractivity (Wildman–Crippen MR) is 51.9 cm³/mol. The minimum atomic E-state index is -3.73. The standard InChI is InChI=1S/C7H15NO6S/c1-2-14-3-4-15(12,13)8-6(5-9)7(10)11/h6,8-9H,2-5H2,1H3,(H,10,11)/t6-/m0/s1. The van der Waals surface area contributed by atoms with E-state index in [9.17, 15) is 13.2 Å². The highest BCUT2D eigenvalue weighted by molar-refractivity contribution is 7.89. The van der Waals surface area contributed by atoms with Gasteiger partial charge in [0.05, 0.1) is 19.0 Å². The van der Waals surface area contributed by atoms with E-state index in [4.69, 9.17) is 14.9 Å². The molecule has 7 nitrogen and oxygen atoms in total. The molecule has 0 radical (unpaired) electrons. The van der Waals surface area contributed by atoms with E-state index in [1.807, 2.05) is 4.72 Å². The lowest BCUT2D eigenvalue weighted by Crippen LogP contribution is -2.44. The largest absolute Gasteiger partial charge is 0.480 e. The van der Waals surface area contributed by atoms with E-state index < -0.39 is 28.6 Å². The third-order valence-corrected chi connectivity index (χ3v) is 2.85. The van der Waals surface area contributed by atoms with Gasteiger partial charge in [0.15, 0.2) is 0 Å². The number of aliphatic hydroxyl groups is 1. The van der Waals surface area contributed by atoms with Crippen LogP contribution in [0.1, 0.15) is 6.92 Å². The van der Waals surface area contributed by atoms with Crippen molar-refractivity contribution in [3.8, 4) is 0 Å². The normalized spacial score (nSPS) is 13.7. The molecule has 1 atom stereocenters. The quantitative estimate of drug-likeness (QED) is 0.440. The van der Waals surface area contributed by atoms with E-state index in [1.165, 1.54) is 0 Å². The van der Waals surface area contributed by atoms with Crippen LogP contribution in [-0.4, -0.2) is 56.2 Å². The number of ether oxygens (including phenoxy) is 1. The molecular weight excluding hydrogens is 226 g/mol. The van der Waals surface area contributed by atoms with Crippen molar-refractivity contribution < 1.29 is 28.2 Å². The Bertz CT molecular complexity index is 288. The zero-order chi connectivity index (χ0) is 11.9. The summed E-state index contributed by atoms with van der Waals surface area (Å²) < 4.78 is 29.1. The number of rotatable bonds is 8. The van der Waals surface area contributed by atoms with Gasteiger partial charge in [-0.25, -0.2) is 8.42 Å². The van der Waals surface area contributed by atoms with Crippen molar-refractivity contribution in [1.29, 1.82) is 0 Å². The monoisotopic (exact) mass is 241 g/mol. The maximum atomic E-state index is 11.2. The first-order chi connectivity index (χ1) is 6.93. The van der Waals surface area contributed by atoms with Crippen LogP contribution in [0.25, 0.3) is 0 Å². The molecule has 0 aromatic rings. The lowest BCUT2D eigenvalue weighted by molar-refractivity contribution is -0.139. The molecule has 3 N–H and O–H groups in total. The summed E-state index contributed by atoms with van der Waals surface area (Å²) in [5, 5.41) is 17.1. The Hall–Kier alpha value is -0.700. The fraction of sp³-hybridized carbons (Fsp3) is 0.857. The number of aliphatic carboxylic acids is 1. The molecule has 0 aliphatic carbocycles. The number of carboxylic acid groups (broad SMARTS) is 1. The summed E-state index contributed by atoms with van der Waals surface area (Å²) in [6, 6.07) is -1.50. The lowest BCUT2D eigenvalue weighted by atomic mass is 10.3. The third-order valence-electron chi connectivity index (χ3n) is 1.50. The van der Waals surface area contributed by atoms with Crippen LogP contribution in [0.15, 0.2) is 0 Å². The second kappa shape index (κ2) is 6.72. The molecule has 0 saturated heterocycles. The Kier molecular flexibility index (Phi) is 6.41. The van der Waals surface area contributed by atoms with Crippen molar-refractivity contribution in [3.05, 3.63) is 0 Å². The number of sulfonamides is 1. The molecule has 0 amide bonds. The smallest absolute Gasteiger partial charge is 0.324 e. The van der Waals surface area contributed by atoms with E-state index in [2.05, 4.69) is 0 Å². The van der Waals surface area contributed by atoms with Gasteiger partial charge in [-0.2, -0.15) is 4.72 Å². The summed E-state index contributed by atoms with van der Waals surface area (Å²) in [4.78, 5) is 10.4. The molecule has 0 rings (SSSR count). The number of hydrogen-bond acceptors (Lipinski definition) is 5. The molecule has 0 unspecified atom stereocenters. The van der Waals surface area contributed by atoms with Gasteiger partial charge in [-0.15, -0.1) is 0 Å². The molecule has 0 bridgehead atoms. The first-order valence-corrected chi connectivity index (χ1v) is 5.99. The summed E-state index contributed by atoms with van der Waals surface area (Å²) in [6.45, 7) is 1.30. The van der Waals surface area contributed by atoms with E-state index in [0.717, 1.165) is 0 Å². The van der Waals surface area contributed by atoms with Crippen LogP contribution in [-0.2, 0) is 19.6 Å². The highest BCUT2D eigenvalue weighted by Gasteiger charge is 2.22. The van der Waals surface area contributed by atoms with Gasteiger partial charge in [-0.3, -0.25) is 4.79 Å². The summed E-state index contributed by atoms with van der Waals surface area (Å²) in [7, 11) is -3.73. The van der Waals surface area contributed by atoms with E-state index >= 15 is 0 Å². The topological polar surface area (TPSA) is 113 Å². The summed E-state index contributed by atoms with van der Waals surface area (Å²) in [5.74, 6) is -1.75. The highest BCUT2D eigenvalue weighted by Crippen LogP contribution is 1.91. The Balaban J connectivity index is 4.17. The average molecular weight is 241 g/mol. The number of nitrogens with one attached hydrogen (secondary N) is 1. The van der Waals surface area contributed by atoms with Gasteiger partial charge in [-0.05, 0) is 6.92 Å². The fourth-order valence-electron chi connectivity index (χ4n) is 0.754. The van der Waals surface area contributed by atoms with Gasteiger partial charge in [0.1, 0.15) is 6.04 Å². The second-order valence-corrected chi connectivity index (χ2v) is 4.58.